The lowest BCUT2D eigenvalue weighted by Crippen LogP contribution is -2.25. The van der Waals surface area contributed by atoms with Gasteiger partial charge in [0, 0.05) is 25.2 Å². The van der Waals surface area contributed by atoms with Crippen molar-refractivity contribution < 1.29 is 9.84 Å². The third-order valence-electron chi connectivity index (χ3n) is 4.45. The summed E-state index contributed by atoms with van der Waals surface area (Å²) in [5.74, 6) is 1.79. The number of fused-ring (bicyclic) bond motifs is 1. The average molecular weight is 302 g/mol. The maximum Gasteiger partial charge on any atom is 0.115 e. The monoisotopic (exact) mass is 302 g/mol. The maximum atomic E-state index is 9.35. The van der Waals surface area contributed by atoms with Crippen molar-refractivity contribution in [2.24, 2.45) is 5.92 Å². The van der Waals surface area contributed by atoms with Crippen LogP contribution in [-0.4, -0.2) is 27.9 Å². The topological polar surface area (TPSA) is 47.3 Å². The second kappa shape index (κ2) is 6.01. The van der Waals surface area contributed by atoms with Crippen molar-refractivity contribution in [2.45, 2.75) is 52.2 Å². The highest BCUT2D eigenvalue weighted by Gasteiger charge is 2.25. The van der Waals surface area contributed by atoms with Crippen LogP contribution in [0, 0.1) is 5.92 Å². The summed E-state index contributed by atoms with van der Waals surface area (Å²) in [5, 5.41) is 9.35. The number of benzene rings is 1. The lowest BCUT2D eigenvalue weighted by Gasteiger charge is -2.26. The van der Waals surface area contributed by atoms with E-state index in [-0.39, 0.29) is 12.0 Å². The number of rotatable bonds is 3. The van der Waals surface area contributed by atoms with Crippen LogP contribution >= 0.6 is 0 Å². The van der Waals surface area contributed by atoms with E-state index in [0.717, 1.165) is 49.5 Å². The number of hydrogen-bond acceptors (Lipinski definition) is 3. The number of aromatic nitrogens is 2. The molecule has 1 aromatic carbocycles. The Kier molecular flexibility index (Phi) is 4.24. The van der Waals surface area contributed by atoms with Crippen LogP contribution in [0.3, 0.4) is 0 Å². The van der Waals surface area contributed by atoms with Gasteiger partial charge in [-0.25, -0.2) is 4.98 Å². The number of aliphatic hydroxyl groups is 1. The van der Waals surface area contributed by atoms with Gasteiger partial charge in [-0.3, -0.25) is 0 Å². The van der Waals surface area contributed by atoms with E-state index in [2.05, 4.69) is 31.4 Å². The van der Waals surface area contributed by atoms with Gasteiger partial charge in [0.25, 0.3) is 0 Å². The Hall–Kier alpha value is -1.39. The second-order valence-electron chi connectivity index (χ2n) is 7.33. The van der Waals surface area contributed by atoms with Crippen LogP contribution in [0.15, 0.2) is 18.2 Å². The molecule has 3 rings (SSSR count). The Balaban J connectivity index is 2.04. The summed E-state index contributed by atoms with van der Waals surface area (Å²) in [7, 11) is 0. The molecule has 1 N–H and O–H groups in total. The van der Waals surface area contributed by atoms with Gasteiger partial charge in [-0.2, -0.15) is 0 Å². The van der Waals surface area contributed by atoms with Gasteiger partial charge in [-0.1, -0.05) is 26.8 Å². The number of hydrogen-bond donors (Lipinski definition) is 1. The fraction of sp³-hybridized carbons (Fsp3) is 0.611. The highest BCUT2D eigenvalue weighted by atomic mass is 16.5. The molecular formula is C18H26N2O2. The SMILES string of the molecule is CC(C)(C)c1nc2cc(CO)ccc2n1CC1CCOCC1. The maximum absolute atomic E-state index is 9.35. The molecule has 0 amide bonds. The van der Waals surface area contributed by atoms with Crippen molar-refractivity contribution in [1.82, 2.24) is 9.55 Å². The van der Waals surface area contributed by atoms with E-state index in [0.29, 0.717) is 5.92 Å². The molecule has 0 spiro atoms. The van der Waals surface area contributed by atoms with Gasteiger partial charge in [0.15, 0.2) is 0 Å². The first-order chi connectivity index (χ1) is 10.5. The molecule has 0 bridgehead atoms. The molecule has 1 aromatic heterocycles. The van der Waals surface area contributed by atoms with Crippen molar-refractivity contribution in [3.05, 3.63) is 29.6 Å². The molecule has 1 fully saturated rings. The zero-order valence-electron chi connectivity index (χ0n) is 13.8. The van der Waals surface area contributed by atoms with Crippen LogP contribution in [0.2, 0.25) is 0 Å². The van der Waals surface area contributed by atoms with Crippen LogP contribution in [0.1, 0.15) is 45.0 Å². The minimum atomic E-state index is 0.00354. The molecule has 1 saturated heterocycles. The summed E-state index contributed by atoms with van der Waals surface area (Å²) in [5.41, 5.74) is 3.09. The predicted molar refractivity (Wildman–Crippen MR) is 87.9 cm³/mol. The lowest BCUT2D eigenvalue weighted by molar-refractivity contribution is 0.0611. The Labute approximate surface area is 132 Å². The zero-order valence-corrected chi connectivity index (χ0v) is 13.8. The van der Waals surface area contributed by atoms with Gasteiger partial charge in [0.05, 0.1) is 17.6 Å². The van der Waals surface area contributed by atoms with Gasteiger partial charge in [0.1, 0.15) is 5.82 Å². The standard InChI is InChI=1S/C18H26N2O2/c1-18(2,3)17-19-15-10-14(12-21)4-5-16(15)20(17)11-13-6-8-22-9-7-13/h4-5,10,13,21H,6-9,11-12H2,1-3H3. The van der Waals surface area contributed by atoms with E-state index in [9.17, 15) is 5.11 Å². The number of imidazole rings is 1. The lowest BCUT2D eigenvalue weighted by atomic mass is 9.94. The molecule has 1 aliphatic rings. The fourth-order valence-electron chi connectivity index (χ4n) is 3.22. The largest absolute Gasteiger partial charge is 0.392 e. The molecule has 0 radical (unpaired) electrons. The fourth-order valence-corrected chi connectivity index (χ4v) is 3.22. The summed E-state index contributed by atoms with van der Waals surface area (Å²) >= 11 is 0. The Morgan fingerprint density at radius 1 is 1.27 bits per heavy atom. The predicted octanol–water partition coefficient (Wildman–Crippen LogP) is 3.25. The summed E-state index contributed by atoms with van der Waals surface area (Å²) in [6, 6.07) is 6.10. The van der Waals surface area contributed by atoms with Gasteiger partial charge < -0.3 is 14.4 Å². The first kappa shape index (κ1) is 15.5. The molecule has 22 heavy (non-hydrogen) atoms. The second-order valence-corrected chi connectivity index (χ2v) is 7.33. The molecule has 4 nitrogen and oxygen atoms in total. The van der Waals surface area contributed by atoms with Gasteiger partial charge in [0.2, 0.25) is 0 Å². The van der Waals surface area contributed by atoms with E-state index in [1.54, 1.807) is 0 Å². The Morgan fingerprint density at radius 3 is 2.64 bits per heavy atom. The highest BCUT2D eigenvalue weighted by molar-refractivity contribution is 5.77. The highest BCUT2D eigenvalue weighted by Crippen LogP contribution is 2.29. The van der Waals surface area contributed by atoms with Crippen molar-refractivity contribution in [3.63, 3.8) is 0 Å². The summed E-state index contributed by atoms with van der Waals surface area (Å²) in [6.07, 6.45) is 2.25. The Morgan fingerprint density at radius 2 is 2.00 bits per heavy atom. The van der Waals surface area contributed by atoms with Gasteiger partial charge in [-0.05, 0) is 36.5 Å². The number of nitrogens with zero attached hydrogens (tertiary/aromatic N) is 2. The molecule has 2 aromatic rings. The average Bonchev–Trinajstić information content (AvgIpc) is 2.86. The third kappa shape index (κ3) is 3.03. The third-order valence-corrected chi connectivity index (χ3v) is 4.45. The first-order valence-corrected chi connectivity index (χ1v) is 8.17. The molecule has 2 heterocycles. The molecule has 0 aliphatic carbocycles. The van der Waals surface area contributed by atoms with Crippen LogP contribution in [0.4, 0.5) is 0 Å². The van der Waals surface area contributed by atoms with E-state index < -0.39 is 0 Å². The van der Waals surface area contributed by atoms with Crippen molar-refractivity contribution in [3.8, 4) is 0 Å². The van der Waals surface area contributed by atoms with E-state index in [1.807, 2.05) is 12.1 Å². The molecule has 120 valence electrons. The minimum Gasteiger partial charge on any atom is -0.392 e. The summed E-state index contributed by atoms with van der Waals surface area (Å²) in [6.45, 7) is 9.44. The smallest absolute Gasteiger partial charge is 0.115 e. The number of ether oxygens (including phenoxy) is 1. The molecule has 0 atom stereocenters. The molecule has 1 aliphatic heterocycles. The summed E-state index contributed by atoms with van der Waals surface area (Å²) in [4.78, 5) is 4.88. The minimum absolute atomic E-state index is 0.00354. The molecule has 0 unspecified atom stereocenters. The Bertz CT molecular complexity index is 649. The van der Waals surface area contributed by atoms with Crippen LogP contribution < -0.4 is 0 Å². The van der Waals surface area contributed by atoms with Crippen LogP contribution in [0.5, 0.6) is 0 Å². The van der Waals surface area contributed by atoms with Crippen molar-refractivity contribution in [2.75, 3.05) is 13.2 Å². The molecular weight excluding hydrogens is 276 g/mol. The van der Waals surface area contributed by atoms with Crippen molar-refractivity contribution >= 4 is 11.0 Å². The molecule has 4 heteroatoms. The van der Waals surface area contributed by atoms with Gasteiger partial charge >= 0.3 is 0 Å². The molecule has 0 saturated carbocycles. The van der Waals surface area contributed by atoms with Crippen molar-refractivity contribution in [1.29, 1.82) is 0 Å². The summed E-state index contributed by atoms with van der Waals surface area (Å²) < 4.78 is 7.86. The zero-order chi connectivity index (χ0) is 15.7. The quantitative estimate of drug-likeness (QED) is 0.946. The van der Waals surface area contributed by atoms with Crippen LogP contribution in [0.25, 0.3) is 11.0 Å². The van der Waals surface area contributed by atoms with Gasteiger partial charge in [-0.15, -0.1) is 0 Å². The number of aliphatic hydroxyl groups excluding tert-OH is 1. The van der Waals surface area contributed by atoms with E-state index >= 15 is 0 Å². The van der Waals surface area contributed by atoms with Crippen LogP contribution in [-0.2, 0) is 23.3 Å². The van der Waals surface area contributed by atoms with E-state index in [4.69, 9.17) is 9.72 Å². The van der Waals surface area contributed by atoms with E-state index in [1.165, 1.54) is 5.52 Å². The normalized spacial score (nSPS) is 17.3. The first-order valence-electron chi connectivity index (χ1n) is 8.17.